The van der Waals surface area contributed by atoms with Gasteiger partial charge in [0.2, 0.25) is 0 Å². The first-order chi connectivity index (χ1) is 12.5. The third-order valence-corrected chi connectivity index (χ3v) is 5.68. The van der Waals surface area contributed by atoms with Crippen molar-refractivity contribution in [1.29, 1.82) is 0 Å². The molecule has 1 amide bonds. The molecule has 26 heavy (non-hydrogen) atoms. The van der Waals surface area contributed by atoms with Crippen molar-refractivity contribution in [3.8, 4) is 0 Å². The number of likely N-dealkylation sites (N-methyl/N-ethyl adjacent to an activating group) is 1. The van der Waals surface area contributed by atoms with Crippen LogP contribution in [0.25, 0.3) is 0 Å². The van der Waals surface area contributed by atoms with E-state index in [1.54, 1.807) is 17.0 Å². The van der Waals surface area contributed by atoms with Gasteiger partial charge in [0.25, 0.3) is 11.7 Å². The lowest BCUT2D eigenvalue weighted by atomic mass is 9.88. The Morgan fingerprint density at radius 3 is 2.42 bits per heavy atom. The minimum atomic E-state index is -0.420. The van der Waals surface area contributed by atoms with Crippen LogP contribution in [0, 0.1) is 13.8 Å². The number of benzene rings is 2. The molecule has 0 saturated carbocycles. The summed E-state index contributed by atoms with van der Waals surface area (Å²) < 4.78 is 0. The Hall–Kier alpha value is -2.46. The predicted octanol–water partition coefficient (Wildman–Crippen LogP) is 3.32. The number of nitrogens with zero attached hydrogens (tertiary/aromatic N) is 2. The van der Waals surface area contributed by atoms with Crippen LogP contribution in [0.4, 0.5) is 5.69 Å². The van der Waals surface area contributed by atoms with Crippen LogP contribution < -0.4 is 4.90 Å². The Morgan fingerprint density at radius 2 is 1.69 bits per heavy atom. The molecular weight excluding hydrogens is 324 g/mol. The lowest BCUT2D eigenvalue weighted by Crippen LogP contribution is -2.49. The van der Waals surface area contributed by atoms with E-state index in [4.69, 9.17) is 0 Å². The van der Waals surface area contributed by atoms with Crippen molar-refractivity contribution in [3.05, 3.63) is 64.7 Å². The minimum absolute atomic E-state index is 0.0740. The van der Waals surface area contributed by atoms with E-state index in [9.17, 15) is 9.59 Å². The second kappa shape index (κ2) is 6.36. The standard InChI is InChI=1S/C22H24N2O2/c1-14-4-7-16(8-5-14)21(25)22(26)24-19-9-6-15(2)12-17(19)18-13-23(3)11-10-20(18)24/h4-9,12,18,20H,10-11,13H2,1-3H3/t18-,20+/m1/s1. The maximum absolute atomic E-state index is 13.2. The fourth-order valence-electron chi connectivity index (χ4n) is 4.28. The van der Waals surface area contributed by atoms with Crippen LogP contribution in [0.15, 0.2) is 42.5 Å². The van der Waals surface area contributed by atoms with Crippen LogP contribution in [0.3, 0.4) is 0 Å². The number of fused-ring (bicyclic) bond motifs is 3. The van der Waals surface area contributed by atoms with Gasteiger partial charge in [-0.3, -0.25) is 9.59 Å². The lowest BCUT2D eigenvalue weighted by molar-refractivity contribution is -0.115. The molecule has 2 atom stereocenters. The number of piperidine rings is 1. The number of hydrogen-bond donors (Lipinski definition) is 0. The van der Waals surface area contributed by atoms with Gasteiger partial charge in [0.05, 0.1) is 0 Å². The van der Waals surface area contributed by atoms with Crippen molar-refractivity contribution in [1.82, 2.24) is 4.90 Å². The molecule has 0 aromatic heterocycles. The van der Waals surface area contributed by atoms with E-state index >= 15 is 0 Å². The van der Waals surface area contributed by atoms with Crippen molar-refractivity contribution in [3.63, 3.8) is 0 Å². The Labute approximate surface area is 154 Å². The fraction of sp³-hybridized carbons (Fsp3) is 0.364. The molecule has 4 nitrogen and oxygen atoms in total. The summed E-state index contributed by atoms with van der Waals surface area (Å²) in [6, 6.07) is 13.5. The second-order valence-corrected chi connectivity index (χ2v) is 7.66. The number of ketones is 1. The molecule has 0 spiro atoms. The summed E-state index contributed by atoms with van der Waals surface area (Å²) >= 11 is 0. The molecule has 134 valence electrons. The number of carbonyl (C=O) groups excluding carboxylic acids is 2. The van der Waals surface area contributed by atoms with E-state index < -0.39 is 11.7 Å². The summed E-state index contributed by atoms with van der Waals surface area (Å²) in [6.45, 7) is 5.91. The zero-order chi connectivity index (χ0) is 18.4. The Bertz CT molecular complexity index is 872. The van der Waals surface area contributed by atoms with Crippen molar-refractivity contribution in [2.45, 2.75) is 32.2 Å². The van der Waals surface area contributed by atoms with E-state index in [2.05, 4.69) is 24.9 Å². The Morgan fingerprint density at radius 1 is 1.00 bits per heavy atom. The maximum Gasteiger partial charge on any atom is 0.299 e. The molecule has 4 heteroatoms. The van der Waals surface area contributed by atoms with E-state index in [1.807, 2.05) is 31.2 Å². The number of carbonyl (C=O) groups is 2. The monoisotopic (exact) mass is 348 g/mol. The summed E-state index contributed by atoms with van der Waals surface area (Å²) in [4.78, 5) is 30.1. The molecule has 2 aliphatic rings. The summed E-state index contributed by atoms with van der Waals surface area (Å²) in [5, 5.41) is 0. The third-order valence-electron chi connectivity index (χ3n) is 5.68. The van der Waals surface area contributed by atoms with Gasteiger partial charge in [-0.2, -0.15) is 0 Å². The third kappa shape index (κ3) is 2.74. The highest BCUT2D eigenvalue weighted by Crippen LogP contribution is 2.45. The van der Waals surface area contributed by atoms with E-state index in [0.717, 1.165) is 30.8 Å². The van der Waals surface area contributed by atoms with Crippen LogP contribution in [-0.2, 0) is 4.79 Å². The average molecular weight is 348 g/mol. The number of anilines is 1. The van der Waals surface area contributed by atoms with Gasteiger partial charge in [0.15, 0.2) is 0 Å². The second-order valence-electron chi connectivity index (χ2n) is 7.66. The average Bonchev–Trinajstić information content (AvgIpc) is 2.94. The quantitative estimate of drug-likeness (QED) is 0.617. The molecule has 0 aliphatic carbocycles. The van der Waals surface area contributed by atoms with Crippen LogP contribution in [-0.4, -0.2) is 42.8 Å². The molecule has 1 saturated heterocycles. The number of rotatable bonds is 2. The zero-order valence-electron chi connectivity index (χ0n) is 15.5. The van der Waals surface area contributed by atoms with Crippen molar-refractivity contribution in [2.75, 3.05) is 25.0 Å². The summed E-state index contributed by atoms with van der Waals surface area (Å²) in [5.41, 5.74) is 4.84. The normalized spacial score (nSPS) is 22.0. The van der Waals surface area contributed by atoms with Gasteiger partial charge in [0, 0.05) is 29.8 Å². The van der Waals surface area contributed by atoms with Crippen molar-refractivity contribution in [2.24, 2.45) is 0 Å². The lowest BCUT2D eigenvalue weighted by Gasteiger charge is -2.36. The van der Waals surface area contributed by atoms with Crippen LogP contribution in [0.1, 0.15) is 39.4 Å². The fourth-order valence-corrected chi connectivity index (χ4v) is 4.28. The first-order valence-corrected chi connectivity index (χ1v) is 9.19. The molecule has 2 aliphatic heterocycles. The van der Waals surface area contributed by atoms with Gasteiger partial charge in [0.1, 0.15) is 0 Å². The van der Waals surface area contributed by atoms with Crippen LogP contribution in [0.2, 0.25) is 0 Å². The highest BCUT2D eigenvalue weighted by molar-refractivity contribution is 6.47. The van der Waals surface area contributed by atoms with E-state index in [1.165, 1.54) is 11.1 Å². The molecule has 0 radical (unpaired) electrons. The first kappa shape index (κ1) is 17.0. The molecule has 2 aromatic carbocycles. The Balaban J connectivity index is 1.72. The molecule has 2 aromatic rings. The minimum Gasteiger partial charge on any atom is -0.306 e. The predicted molar refractivity (Wildman–Crippen MR) is 103 cm³/mol. The highest BCUT2D eigenvalue weighted by Gasteiger charge is 2.45. The zero-order valence-corrected chi connectivity index (χ0v) is 15.5. The van der Waals surface area contributed by atoms with Gasteiger partial charge < -0.3 is 9.80 Å². The maximum atomic E-state index is 13.2. The van der Waals surface area contributed by atoms with Crippen molar-refractivity contribution >= 4 is 17.4 Å². The number of aryl methyl sites for hydroxylation is 2. The van der Waals surface area contributed by atoms with Gasteiger partial charge in [-0.05, 0) is 45.5 Å². The molecular formula is C22H24N2O2. The smallest absolute Gasteiger partial charge is 0.299 e. The molecule has 2 heterocycles. The van der Waals surface area contributed by atoms with E-state index in [-0.39, 0.29) is 12.0 Å². The molecule has 0 N–H and O–H groups in total. The number of likely N-dealkylation sites (tertiary alicyclic amines) is 1. The van der Waals surface area contributed by atoms with Gasteiger partial charge in [-0.1, -0.05) is 47.5 Å². The van der Waals surface area contributed by atoms with Gasteiger partial charge in [-0.25, -0.2) is 0 Å². The molecule has 1 fully saturated rings. The first-order valence-electron chi connectivity index (χ1n) is 9.19. The Kier molecular flexibility index (Phi) is 4.16. The molecule has 0 bridgehead atoms. The number of hydrogen-bond acceptors (Lipinski definition) is 3. The largest absolute Gasteiger partial charge is 0.306 e. The topological polar surface area (TPSA) is 40.6 Å². The van der Waals surface area contributed by atoms with Gasteiger partial charge >= 0.3 is 0 Å². The SMILES string of the molecule is Cc1ccc(C(=O)C(=O)N2c3ccc(C)cc3[C@H]3CN(C)CC[C@@H]32)cc1. The highest BCUT2D eigenvalue weighted by atomic mass is 16.2. The van der Waals surface area contributed by atoms with Crippen molar-refractivity contribution < 1.29 is 9.59 Å². The summed E-state index contributed by atoms with van der Waals surface area (Å²) in [7, 11) is 2.12. The summed E-state index contributed by atoms with van der Waals surface area (Å²) in [6.07, 6.45) is 0.891. The molecule has 4 rings (SSSR count). The van der Waals surface area contributed by atoms with Crippen LogP contribution in [0.5, 0.6) is 0 Å². The van der Waals surface area contributed by atoms with Crippen LogP contribution >= 0.6 is 0 Å². The number of amides is 1. The summed E-state index contributed by atoms with van der Waals surface area (Å²) in [5.74, 6) is -0.550. The number of Topliss-reactive ketones (excluding diaryl/α,β-unsaturated/α-hetero) is 1. The molecule has 0 unspecified atom stereocenters. The van der Waals surface area contributed by atoms with E-state index in [0.29, 0.717) is 5.56 Å². The van der Waals surface area contributed by atoms with Gasteiger partial charge in [-0.15, -0.1) is 0 Å².